The molecule has 0 aliphatic carbocycles. The summed E-state index contributed by atoms with van der Waals surface area (Å²) < 4.78 is 10.5. The summed E-state index contributed by atoms with van der Waals surface area (Å²) in [6, 6.07) is 13.1. The number of para-hydroxylation sites is 1. The topological polar surface area (TPSA) is 133 Å². The van der Waals surface area contributed by atoms with Gasteiger partial charge in [0.25, 0.3) is 11.6 Å². The predicted octanol–water partition coefficient (Wildman–Crippen LogP) is 4.22. The van der Waals surface area contributed by atoms with Crippen LogP contribution in [0.1, 0.15) is 44.7 Å². The number of esters is 1. The fraction of sp³-hybridized carbons (Fsp3) is 0.308. The molecule has 10 nitrogen and oxygen atoms in total. The van der Waals surface area contributed by atoms with Crippen LogP contribution in [0.25, 0.3) is 5.57 Å². The maximum absolute atomic E-state index is 13.3. The minimum absolute atomic E-state index is 0.0131. The average molecular weight is 495 g/mol. The number of carbonyl (C=O) groups excluding carboxylic acids is 4. The number of Topliss-reactive ketones (excluding diaryl/α,β-unsaturated/α-hetero) is 1. The second kappa shape index (κ2) is 10.9. The Bertz CT molecular complexity index is 1210. The first-order chi connectivity index (χ1) is 17.0. The van der Waals surface area contributed by atoms with Crippen molar-refractivity contribution in [1.29, 1.82) is 0 Å². The number of carbonyl (C=O) groups is 4. The molecule has 36 heavy (non-hydrogen) atoms. The minimum Gasteiger partial charge on any atom is -0.461 e. The lowest BCUT2D eigenvalue weighted by Crippen LogP contribution is -2.47. The van der Waals surface area contributed by atoms with E-state index in [1.165, 1.54) is 24.3 Å². The molecule has 0 saturated carbocycles. The molecule has 188 valence electrons. The van der Waals surface area contributed by atoms with Gasteiger partial charge in [-0.1, -0.05) is 42.5 Å². The van der Waals surface area contributed by atoms with Gasteiger partial charge in [0.2, 0.25) is 0 Å². The van der Waals surface area contributed by atoms with Crippen molar-refractivity contribution in [3.05, 3.63) is 81.9 Å². The summed E-state index contributed by atoms with van der Waals surface area (Å²) in [5.74, 6) is -2.15. The molecule has 1 unspecified atom stereocenters. The number of hydrogen-bond donors (Lipinski definition) is 0. The van der Waals surface area contributed by atoms with Gasteiger partial charge in [-0.15, -0.1) is 0 Å². The molecule has 1 aliphatic heterocycles. The molecule has 1 heterocycles. The van der Waals surface area contributed by atoms with Crippen LogP contribution >= 0.6 is 0 Å². The van der Waals surface area contributed by atoms with Gasteiger partial charge in [0.1, 0.15) is 18.2 Å². The van der Waals surface area contributed by atoms with E-state index >= 15 is 0 Å². The van der Waals surface area contributed by atoms with E-state index < -0.39 is 40.3 Å². The van der Waals surface area contributed by atoms with Gasteiger partial charge in [-0.2, -0.15) is 0 Å². The highest BCUT2D eigenvalue weighted by Crippen LogP contribution is 2.36. The molecule has 0 aromatic heterocycles. The van der Waals surface area contributed by atoms with Crippen LogP contribution in [0.4, 0.5) is 10.5 Å². The summed E-state index contributed by atoms with van der Waals surface area (Å²) in [4.78, 5) is 62.8. The van der Waals surface area contributed by atoms with E-state index in [2.05, 4.69) is 0 Å². The van der Waals surface area contributed by atoms with Gasteiger partial charge in [0.15, 0.2) is 5.78 Å². The number of benzene rings is 2. The molecule has 0 spiro atoms. The first kappa shape index (κ1) is 26.3. The summed E-state index contributed by atoms with van der Waals surface area (Å²) in [6.45, 7) is 4.82. The Morgan fingerprint density at radius 3 is 2.28 bits per heavy atom. The maximum atomic E-state index is 13.3. The number of hydrogen-bond acceptors (Lipinski definition) is 8. The number of nitro benzene ring substituents is 1. The zero-order valence-electron chi connectivity index (χ0n) is 20.1. The standard InChI is InChI=1S/C26H26N2O8/c1-26(2,3)36-25(32)27-22(30)15-19(18-11-7-8-12-20(18)28(33)34)24(27)21(29)13-14-23(31)35-16-17-9-5-4-6-10-17/h4-12,15,24H,13-14,16H2,1-3H3. The first-order valence-electron chi connectivity index (χ1n) is 11.2. The molecule has 0 fully saturated rings. The van der Waals surface area contributed by atoms with E-state index in [1.807, 2.05) is 6.07 Å². The molecule has 10 heteroatoms. The Kier molecular flexibility index (Phi) is 7.98. The maximum Gasteiger partial charge on any atom is 0.418 e. The summed E-state index contributed by atoms with van der Waals surface area (Å²) in [5.41, 5.74) is -0.514. The van der Waals surface area contributed by atoms with Crippen LogP contribution in [-0.2, 0) is 30.5 Å². The molecule has 0 saturated heterocycles. The smallest absolute Gasteiger partial charge is 0.418 e. The summed E-state index contributed by atoms with van der Waals surface area (Å²) >= 11 is 0. The van der Waals surface area contributed by atoms with Gasteiger partial charge in [0.05, 0.1) is 16.9 Å². The third-order valence-corrected chi connectivity index (χ3v) is 5.19. The predicted molar refractivity (Wildman–Crippen MR) is 128 cm³/mol. The summed E-state index contributed by atoms with van der Waals surface area (Å²) in [5, 5.41) is 11.6. The van der Waals surface area contributed by atoms with Crippen molar-refractivity contribution < 1.29 is 33.6 Å². The number of imide groups is 1. The van der Waals surface area contributed by atoms with Crippen LogP contribution in [0.2, 0.25) is 0 Å². The fourth-order valence-electron chi connectivity index (χ4n) is 3.65. The molecular weight excluding hydrogens is 468 g/mol. The van der Waals surface area contributed by atoms with Crippen molar-refractivity contribution in [2.45, 2.75) is 51.9 Å². The van der Waals surface area contributed by atoms with Gasteiger partial charge in [-0.25, -0.2) is 9.69 Å². The van der Waals surface area contributed by atoms with Crippen LogP contribution in [0.5, 0.6) is 0 Å². The van der Waals surface area contributed by atoms with Crippen LogP contribution in [-0.4, -0.2) is 45.2 Å². The van der Waals surface area contributed by atoms with Crippen LogP contribution < -0.4 is 0 Å². The molecule has 0 bridgehead atoms. The van der Waals surface area contributed by atoms with E-state index in [4.69, 9.17) is 9.47 Å². The van der Waals surface area contributed by atoms with E-state index in [1.54, 1.807) is 45.0 Å². The highest BCUT2D eigenvalue weighted by molar-refractivity contribution is 6.17. The lowest BCUT2D eigenvalue weighted by atomic mass is 9.93. The largest absolute Gasteiger partial charge is 0.461 e. The lowest BCUT2D eigenvalue weighted by Gasteiger charge is -2.28. The van der Waals surface area contributed by atoms with Crippen molar-refractivity contribution in [3.8, 4) is 0 Å². The lowest BCUT2D eigenvalue weighted by molar-refractivity contribution is -0.385. The molecule has 1 atom stereocenters. The Labute approximate surface area is 207 Å². The number of nitrogens with zero attached hydrogens (tertiary/aromatic N) is 2. The highest BCUT2D eigenvalue weighted by Gasteiger charge is 2.45. The van der Waals surface area contributed by atoms with Crippen molar-refractivity contribution in [2.24, 2.45) is 0 Å². The van der Waals surface area contributed by atoms with Crippen molar-refractivity contribution >= 4 is 35.0 Å². The Balaban J connectivity index is 1.83. The van der Waals surface area contributed by atoms with Gasteiger partial charge in [-0.05, 0) is 32.4 Å². The number of ketones is 1. The normalized spacial score (nSPS) is 15.3. The first-order valence-corrected chi connectivity index (χ1v) is 11.2. The van der Waals surface area contributed by atoms with Crippen molar-refractivity contribution in [1.82, 2.24) is 4.90 Å². The molecule has 2 amide bonds. The average Bonchev–Trinajstić information content (AvgIpc) is 3.18. The third kappa shape index (κ3) is 6.41. The molecule has 1 aliphatic rings. The highest BCUT2D eigenvalue weighted by atomic mass is 16.6. The number of rotatable bonds is 8. The summed E-state index contributed by atoms with van der Waals surface area (Å²) in [7, 11) is 0. The number of nitro groups is 1. The summed E-state index contributed by atoms with van der Waals surface area (Å²) in [6.07, 6.45) is -0.712. The third-order valence-electron chi connectivity index (χ3n) is 5.19. The Hall–Kier alpha value is -4.34. The van der Waals surface area contributed by atoms with Gasteiger partial charge < -0.3 is 9.47 Å². The zero-order chi connectivity index (χ0) is 26.5. The van der Waals surface area contributed by atoms with Crippen LogP contribution in [0.15, 0.2) is 60.7 Å². The van der Waals surface area contributed by atoms with E-state index in [0.29, 0.717) is 4.90 Å². The molecule has 2 aromatic carbocycles. The molecule has 0 radical (unpaired) electrons. The monoisotopic (exact) mass is 494 g/mol. The van der Waals surface area contributed by atoms with Gasteiger partial charge in [-0.3, -0.25) is 24.5 Å². The number of ether oxygens (including phenoxy) is 2. The second-order valence-corrected chi connectivity index (χ2v) is 9.08. The molecule has 2 aromatic rings. The van der Waals surface area contributed by atoms with Crippen molar-refractivity contribution in [2.75, 3.05) is 0 Å². The van der Waals surface area contributed by atoms with E-state index in [9.17, 15) is 29.3 Å². The van der Waals surface area contributed by atoms with Crippen molar-refractivity contribution in [3.63, 3.8) is 0 Å². The van der Waals surface area contributed by atoms with E-state index in [-0.39, 0.29) is 36.3 Å². The SMILES string of the molecule is CC(C)(C)OC(=O)N1C(=O)C=C(c2ccccc2[N+](=O)[O-])C1C(=O)CCC(=O)OCc1ccccc1. The second-order valence-electron chi connectivity index (χ2n) is 9.08. The molecule has 0 N–H and O–H groups in total. The Morgan fingerprint density at radius 1 is 1.00 bits per heavy atom. The fourth-order valence-corrected chi connectivity index (χ4v) is 3.65. The molecule has 3 rings (SSSR count). The van der Waals surface area contributed by atoms with E-state index in [0.717, 1.165) is 11.6 Å². The van der Waals surface area contributed by atoms with Gasteiger partial charge >= 0.3 is 12.1 Å². The van der Waals surface area contributed by atoms with Crippen LogP contribution in [0.3, 0.4) is 0 Å². The molecular formula is C26H26N2O8. The van der Waals surface area contributed by atoms with Gasteiger partial charge in [0, 0.05) is 24.1 Å². The number of amides is 2. The Morgan fingerprint density at radius 2 is 1.64 bits per heavy atom. The zero-order valence-corrected chi connectivity index (χ0v) is 20.1. The quantitative estimate of drug-likeness (QED) is 0.303. The van der Waals surface area contributed by atoms with Crippen LogP contribution in [0, 0.1) is 10.1 Å². The minimum atomic E-state index is -1.49.